The number of hydrogen-bond donors (Lipinski definition) is 4. The molecule has 67 heavy (non-hydrogen) atoms. The quantitative estimate of drug-likeness (QED) is 0.0412. The average molecular weight is 942 g/mol. The van der Waals surface area contributed by atoms with E-state index in [1.54, 1.807) is 0 Å². The highest BCUT2D eigenvalue weighted by Crippen LogP contribution is 2.33. The molecule has 5 amide bonds. The largest absolute Gasteiger partial charge is 0.481 e. The van der Waals surface area contributed by atoms with E-state index in [4.69, 9.17) is 28.9 Å². The van der Waals surface area contributed by atoms with Crippen molar-refractivity contribution in [3.63, 3.8) is 0 Å². The van der Waals surface area contributed by atoms with Gasteiger partial charge in [-0.3, -0.25) is 52.7 Å². The first-order valence-electron chi connectivity index (χ1n) is 21.6. The first-order valence-corrected chi connectivity index (χ1v) is 21.6. The lowest BCUT2D eigenvalue weighted by molar-refractivity contribution is -0.196. The first-order chi connectivity index (χ1) is 31.8. The Kier molecular flexibility index (Phi) is 24.9. The molecule has 22 nitrogen and oxygen atoms in total. The van der Waals surface area contributed by atoms with Gasteiger partial charge in [-0.15, -0.1) is 0 Å². The highest BCUT2D eigenvalue weighted by atomic mass is 16.7. The van der Waals surface area contributed by atoms with Crippen LogP contribution in [0.4, 0.5) is 0 Å². The minimum absolute atomic E-state index is 0.0479. The van der Waals surface area contributed by atoms with E-state index >= 15 is 0 Å². The number of benzene rings is 2. The summed E-state index contributed by atoms with van der Waals surface area (Å²) < 4.78 is 20.6. The van der Waals surface area contributed by atoms with Gasteiger partial charge in [0.1, 0.15) is 0 Å². The van der Waals surface area contributed by atoms with Gasteiger partial charge in [0.05, 0.1) is 17.7 Å². The van der Waals surface area contributed by atoms with Crippen molar-refractivity contribution in [3.8, 4) is 23.0 Å². The molecule has 0 aromatic heterocycles. The van der Waals surface area contributed by atoms with Crippen molar-refractivity contribution in [1.82, 2.24) is 25.9 Å². The number of hydroxylamine groups is 2. The van der Waals surface area contributed by atoms with Crippen LogP contribution in [0.25, 0.3) is 0 Å². The number of carboxylic acid groups (broad SMARTS) is 1. The zero-order valence-corrected chi connectivity index (χ0v) is 38.4. The minimum atomic E-state index is -1.05. The van der Waals surface area contributed by atoms with E-state index in [0.29, 0.717) is 32.1 Å². The van der Waals surface area contributed by atoms with E-state index in [1.807, 2.05) is 0 Å². The van der Waals surface area contributed by atoms with Gasteiger partial charge in [-0.2, -0.15) is 5.06 Å². The Morgan fingerprint density at radius 2 is 0.955 bits per heavy atom. The number of nitrogens with zero attached hydrogens (tertiary/aromatic N) is 2. The first kappa shape index (κ1) is 55.7. The number of hydrogen-bond acceptors (Lipinski definition) is 16. The molecule has 0 saturated heterocycles. The van der Waals surface area contributed by atoms with Crippen LogP contribution < -0.4 is 34.9 Å². The van der Waals surface area contributed by atoms with Crippen LogP contribution in [0.15, 0.2) is 36.4 Å². The van der Waals surface area contributed by atoms with E-state index in [0.717, 1.165) is 39.7 Å². The van der Waals surface area contributed by atoms with Crippen molar-refractivity contribution < 1.29 is 81.6 Å². The second kappa shape index (κ2) is 29.9. The topological polar surface area (TPSA) is 297 Å². The molecule has 2 aromatic rings. The predicted molar refractivity (Wildman–Crippen MR) is 234 cm³/mol. The Balaban J connectivity index is 2.01. The molecule has 0 radical (unpaired) electrons. The van der Waals surface area contributed by atoms with Crippen molar-refractivity contribution in [2.75, 3.05) is 39.3 Å². The maximum absolute atomic E-state index is 13.5. The third kappa shape index (κ3) is 22.4. The van der Waals surface area contributed by atoms with Crippen molar-refractivity contribution in [1.29, 1.82) is 0 Å². The number of carbonyl (C=O) groups is 11. The number of rotatable bonds is 28. The summed E-state index contributed by atoms with van der Waals surface area (Å²) in [5.74, 6) is -7.85. The molecular weight excluding hydrogens is 883 g/mol. The monoisotopic (exact) mass is 941 g/mol. The molecule has 22 heteroatoms. The third-order valence-electron chi connectivity index (χ3n) is 9.05. The number of nitrogens with one attached hydrogen (secondary N) is 3. The second-order valence-electron chi connectivity index (χ2n) is 14.8. The Labute approximate surface area is 387 Å². The molecule has 2 rings (SSSR count). The lowest BCUT2D eigenvalue weighted by Crippen LogP contribution is -2.36. The maximum atomic E-state index is 13.5. The number of unbranched alkanes of at least 4 members (excludes halogenated alkanes) is 3. The number of ether oxygens (including phenoxy) is 4. The number of aliphatic carboxylic acids is 1. The summed E-state index contributed by atoms with van der Waals surface area (Å²) in [7, 11) is 0. The molecule has 0 saturated carbocycles. The molecule has 0 aliphatic rings. The SMILES string of the molecule is CC(=O)Oc1cccc(C(=O)NCCCCN(CCCNC(=O)c2cccc(OC(C)=O)c2OC(C)=O)C(=O)CCC(=O)NCCCCCN(OC(C)=O)C(=O)CCCC(=O)O)c1OC(C)=O. The molecule has 0 unspecified atom stereocenters. The zero-order valence-electron chi connectivity index (χ0n) is 38.4. The highest BCUT2D eigenvalue weighted by Gasteiger charge is 2.23. The molecule has 0 heterocycles. The number of carboxylic acids is 1. The molecule has 4 N–H and O–H groups in total. The Bertz CT molecular complexity index is 2110. The molecule has 0 bridgehead atoms. The molecular formula is C45H59N5O17. The van der Waals surface area contributed by atoms with Gasteiger partial charge in [0.25, 0.3) is 17.7 Å². The zero-order chi connectivity index (χ0) is 49.9. The summed E-state index contributed by atoms with van der Waals surface area (Å²) in [5.41, 5.74) is -0.120. The van der Waals surface area contributed by atoms with Gasteiger partial charge in [0, 0.05) is 93.0 Å². The molecule has 0 atom stereocenters. The highest BCUT2D eigenvalue weighted by molar-refractivity contribution is 5.99. The van der Waals surface area contributed by atoms with Gasteiger partial charge in [-0.1, -0.05) is 12.1 Å². The fourth-order valence-corrected chi connectivity index (χ4v) is 6.15. The van der Waals surface area contributed by atoms with Crippen LogP contribution in [0, 0.1) is 0 Å². The summed E-state index contributed by atoms with van der Waals surface area (Å²) in [6, 6.07) is 8.40. The van der Waals surface area contributed by atoms with Gasteiger partial charge < -0.3 is 49.7 Å². The van der Waals surface area contributed by atoms with E-state index < -0.39 is 53.5 Å². The Morgan fingerprint density at radius 3 is 1.46 bits per heavy atom. The molecule has 0 aliphatic heterocycles. The van der Waals surface area contributed by atoms with Crippen LogP contribution in [0.3, 0.4) is 0 Å². The van der Waals surface area contributed by atoms with Crippen LogP contribution >= 0.6 is 0 Å². The summed E-state index contributed by atoms with van der Waals surface area (Å²) in [4.78, 5) is 140. The maximum Gasteiger partial charge on any atom is 0.329 e. The van der Waals surface area contributed by atoms with Crippen LogP contribution in [0.1, 0.15) is 126 Å². The molecule has 366 valence electrons. The number of esters is 4. The van der Waals surface area contributed by atoms with Gasteiger partial charge >= 0.3 is 35.8 Å². The lowest BCUT2D eigenvalue weighted by Gasteiger charge is -2.23. The van der Waals surface area contributed by atoms with E-state index in [9.17, 15) is 52.7 Å². The van der Waals surface area contributed by atoms with E-state index in [-0.39, 0.29) is 124 Å². The van der Waals surface area contributed by atoms with Crippen molar-refractivity contribution in [3.05, 3.63) is 47.5 Å². The third-order valence-corrected chi connectivity index (χ3v) is 9.05. The van der Waals surface area contributed by atoms with Crippen LogP contribution in [0.2, 0.25) is 0 Å². The summed E-state index contributed by atoms with van der Waals surface area (Å²) in [6.45, 7) is 6.60. The van der Waals surface area contributed by atoms with Crippen molar-refractivity contribution in [2.24, 2.45) is 0 Å². The molecule has 0 spiro atoms. The van der Waals surface area contributed by atoms with Crippen molar-refractivity contribution >= 4 is 65.4 Å². The van der Waals surface area contributed by atoms with Crippen molar-refractivity contribution in [2.45, 2.75) is 105 Å². The minimum Gasteiger partial charge on any atom is -0.481 e. The normalized spacial score (nSPS) is 10.4. The smallest absolute Gasteiger partial charge is 0.329 e. The predicted octanol–water partition coefficient (Wildman–Crippen LogP) is 3.17. The average Bonchev–Trinajstić information content (AvgIpc) is 3.24. The summed E-state index contributed by atoms with van der Waals surface area (Å²) in [5, 5.41) is 17.9. The van der Waals surface area contributed by atoms with E-state index in [1.165, 1.54) is 41.3 Å². The Morgan fingerprint density at radius 1 is 0.478 bits per heavy atom. The summed E-state index contributed by atoms with van der Waals surface area (Å²) >= 11 is 0. The number of amides is 5. The molecule has 0 fully saturated rings. The van der Waals surface area contributed by atoms with E-state index in [2.05, 4.69) is 16.0 Å². The van der Waals surface area contributed by atoms with Gasteiger partial charge in [-0.25, -0.2) is 0 Å². The Hall–Kier alpha value is -7.39. The fourth-order valence-electron chi connectivity index (χ4n) is 6.15. The van der Waals surface area contributed by atoms with Gasteiger partial charge in [0.2, 0.25) is 11.8 Å². The van der Waals surface area contributed by atoms with Gasteiger partial charge in [-0.05, 0) is 69.2 Å². The molecule has 0 aliphatic carbocycles. The van der Waals surface area contributed by atoms with Crippen LogP contribution in [-0.4, -0.2) is 120 Å². The summed E-state index contributed by atoms with van der Waals surface area (Å²) in [6.07, 6.45) is 2.01. The fraction of sp³-hybridized carbons (Fsp3) is 0.489. The second-order valence-corrected chi connectivity index (χ2v) is 14.8. The number of para-hydroxylation sites is 2. The van der Waals surface area contributed by atoms with Crippen LogP contribution in [0.5, 0.6) is 23.0 Å². The van der Waals surface area contributed by atoms with Crippen LogP contribution in [-0.2, 0) is 48.0 Å². The molecule has 2 aromatic carbocycles. The number of carbonyl (C=O) groups excluding carboxylic acids is 10. The van der Waals surface area contributed by atoms with Gasteiger partial charge in [0.15, 0.2) is 23.0 Å². The standard InChI is InChI=1S/C45H59N5O17/c1-29(51)63-36-17-11-15-34(42(36)65-31(3)53)44(61)47-24-8-10-26-49(27-14-25-48-45(62)35-16-12-18-37(64-30(2)52)43(35)66-32(4)54)39(57)22-21-38(56)46-23-7-6-9-28-50(67-33(5)55)40(58)19-13-20-41(59)60/h11-12,15-18H,6-10,13-14,19-28H2,1-5H3,(H,46,56)(H,47,61)(H,48,62)(H,59,60). The lowest BCUT2D eigenvalue weighted by atomic mass is 10.1.